The maximum absolute atomic E-state index is 14.3. The highest BCUT2D eigenvalue weighted by molar-refractivity contribution is 5.88. The van der Waals surface area contributed by atoms with Crippen molar-refractivity contribution in [1.82, 2.24) is 19.4 Å². The van der Waals surface area contributed by atoms with Gasteiger partial charge in [0, 0.05) is 23.8 Å². The van der Waals surface area contributed by atoms with Crippen LogP contribution in [0.1, 0.15) is 12.5 Å². The van der Waals surface area contributed by atoms with E-state index in [-0.39, 0.29) is 6.54 Å². The first-order chi connectivity index (χ1) is 12.0. The van der Waals surface area contributed by atoms with E-state index in [1.165, 1.54) is 16.8 Å². The Morgan fingerprint density at radius 2 is 1.96 bits per heavy atom. The van der Waals surface area contributed by atoms with E-state index in [1.807, 2.05) is 0 Å². The fraction of sp³-hybridized carbons (Fsp3) is 0.294. The van der Waals surface area contributed by atoms with Gasteiger partial charge >= 0.3 is 5.69 Å². The highest BCUT2D eigenvalue weighted by Gasteiger charge is 2.43. The normalized spacial score (nSPS) is 20.0. The van der Waals surface area contributed by atoms with Gasteiger partial charge in [0.05, 0.1) is 23.8 Å². The predicted octanol–water partition coefficient (Wildman–Crippen LogP) is 1.65. The Morgan fingerprint density at radius 1 is 1.12 bits per heavy atom. The largest absolute Gasteiger partial charge is 0.338 e. The number of benzene rings is 1. The third-order valence-electron chi connectivity index (χ3n) is 4.60. The summed E-state index contributed by atoms with van der Waals surface area (Å²) in [5, 5.41) is 3.39. The zero-order valence-electron chi connectivity index (χ0n) is 13.2. The number of fused-ring (bicyclic) bond motifs is 1. The predicted molar refractivity (Wildman–Crippen MR) is 89.6 cm³/mol. The Hall–Kier alpha value is -2.74. The molecule has 0 amide bonds. The summed E-state index contributed by atoms with van der Waals surface area (Å²) in [7, 11) is 0. The van der Waals surface area contributed by atoms with Gasteiger partial charge < -0.3 is 9.88 Å². The van der Waals surface area contributed by atoms with Crippen LogP contribution in [0.2, 0.25) is 0 Å². The molecule has 4 rings (SSSR count). The number of aromatic amines is 1. The van der Waals surface area contributed by atoms with Crippen LogP contribution in [0.15, 0.2) is 52.3 Å². The van der Waals surface area contributed by atoms with E-state index in [4.69, 9.17) is 0 Å². The van der Waals surface area contributed by atoms with Crippen molar-refractivity contribution in [2.45, 2.75) is 18.4 Å². The molecule has 1 aromatic carbocycles. The summed E-state index contributed by atoms with van der Waals surface area (Å²) in [6.07, 6.45) is 3.33. The van der Waals surface area contributed by atoms with Crippen molar-refractivity contribution < 1.29 is 8.78 Å². The van der Waals surface area contributed by atoms with Crippen molar-refractivity contribution in [2.24, 2.45) is 0 Å². The molecule has 2 N–H and O–H groups in total. The fourth-order valence-corrected chi connectivity index (χ4v) is 3.43. The van der Waals surface area contributed by atoms with Crippen molar-refractivity contribution in [3.8, 4) is 5.69 Å². The molecular formula is C17H16F2N4O2. The average Bonchev–Trinajstić information content (AvgIpc) is 2.98. The third-order valence-corrected chi connectivity index (χ3v) is 4.60. The summed E-state index contributed by atoms with van der Waals surface area (Å²) in [6.45, 7) is 0.176. The Bertz CT molecular complexity index is 1050. The minimum absolute atomic E-state index is 0.319. The first-order valence-corrected chi connectivity index (χ1v) is 7.98. The molecule has 1 aliphatic rings. The number of hydrogen-bond donors (Lipinski definition) is 2. The topological polar surface area (TPSA) is 71.8 Å². The van der Waals surface area contributed by atoms with Crippen molar-refractivity contribution >= 4 is 10.9 Å². The number of halogens is 2. The van der Waals surface area contributed by atoms with E-state index >= 15 is 0 Å². The van der Waals surface area contributed by atoms with Crippen LogP contribution in [0.25, 0.3) is 16.6 Å². The van der Waals surface area contributed by atoms with Crippen molar-refractivity contribution in [2.75, 3.05) is 13.1 Å². The number of hydrogen-bond acceptors (Lipinski definition) is 3. The fourth-order valence-electron chi connectivity index (χ4n) is 3.43. The Kier molecular flexibility index (Phi) is 3.57. The van der Waals surface area contributed by atoms with Crippen LogP contribution in [-0.4, -0.2) is 33.1 Å². The van der Waals surface area contributed by atoms with Crippen LogP contribution in [0.5, 0.6) is 0 Å². The summed E-state index contributed by atoms with van der Waals surface area (Å²) < 4.78 is 31.5. The molecule has 130 valence electrons. The van der Waals surface area contributed by atoms with Crippen molar-refractivity contribution in [1.29, 1.82) is 0 Å². The zero-order valence-corrected chi connectivity index (χ0v) is 13.2. The number of nitrogens with one attached hydrogen (secondary N) is 2. The number of nitrogens with zero attached hydrogens (tertiary/aromatic N) is 2. The molecule has 1 atom stereocenters. The Morgan fingerprint density at radius 3 is 2.72 bits per heavy atom. The average molecular weight is 346 g/mol. The van der Waals surface area contributed by atoms with Crippen molar-refractivity contribution in [3.05, 3.63) is 63.6 Å². The summed E-state index contributed by atoms with van der Waals surface area (Å²) in [6, 6.07) is 7.22. The van der Waals surface area contributed by atoms with Crippen LogP contribution < -0.4 is 16.6 Å². The van der Waals surface area contributed by atoms with Gasteiger partial charge in [-0.3, -0.25) is 14.3 Å². The van der Waals surface area contributed by atoms with Gasteiger partial charge in [0.25, 0.3) is 11.5 Å². The summed E-state index contributed by atoms with van der Waals surface area (Å²) in [5.74, 6) is -2.85. The lowest BCUT2D eigenvalue weighted by atomic mass is 10.0. The summed E-state index contributed by atoms with van der Waals surface area (Å²) in [4.78, 5) is 25.5. The summed E-state index contributed by atoms with van der Waals surface area (Å²) in [5.41, 5.74) is 0.109. The van der Waals surface area contributed by atoms with E-state index in [1.54, 1.807) is 35.0 Å². The lowest BCUT2D eigenvalue weighted by molar-refractivity contribution is -0.0644. The molecular weight excluding hydrogens is 330 g/mol. The molecule has 1 unspecified atom stereocenters. The maximum atomic E-state index is 14.3. The maximum Gasteiger partial charge on any atom is 0.332 e. The monoisotopic (exact) mass is 346 g/mol. The van der Waals surface area contributed by atoms with Gasteiger partial charge in [-0.2, -0.15) is 0 Å². The standard InChI is InChI=1S/C17H16F2N4O2/c18-17(19)10-20-7-4-14(17)22-8-5-11-12(22)2-1-3-13(11)23-9-6-15(24)21-16(23)25/h1-3,5-6,8-9,14,20H,4,7,10H2,(H,21,24,25). The van der Waals surface area contributed by atoms with Gasteiger partial charge in [-0.1, -0.05) is 6.07 Å². The second-order valence-corrected chi connectivity index (χ2v) is 6.16. The molecule has 0 aliphatic carbocycles. The van der Waals surface area contributed by atoms with Crippen LogP contribution in [0, 0.1) is 0 Å². The number of alkyl halides is 2. The number of aromatic nitrogens is 3. The minimum Gasteiger partial charge on any atom is -0.338 e. The third kappa shape index (κ3) is 2.58. The second kappa shape index (κ2) is 5.66. The van der Waals surface area contributed by atoms with E-state index in [2.05, 4.69) is 10.3 Å². The van der Waals surface area contributed by atoms with Crippen LogP contribution >= 0.6 is 0 Å². The quantitative estimate of drug-likeness (QED) is 0.741. The molecule has 1 saturated heterocycles. The van der Waals surface area contributed by atoms with Crippen LogP contribution in [0.4, 0.5) is 8.78 Å². The molecule has 3 heterocycles. The van der Waals surface area contributed by atoms with Gasteiger partial charge in [-0.15, -0.1) is 0 Å². The molecule has 0 bridgehead atoms. The first kappa shape index (κ1) is 15.8. The Labute approximate surface area is 140 Å². The van der Waals surface area contributed by atoms with Gasteiger partial charge in [-0.05, 0) is 31.2 Å². The number of rotatable bonds is 2. The van der Waals surface area contributed by atoms with Crippen LogP contribution in [0.3, 0.4) is 0 Å². The molecule has 2 aromatic heterocycles. The first-order valence-electron chi connectivity index (χ1n) is 7.98. The summed E-state index contributed by atoms with van der Waals surface area (Å²) >= 11 is 0. The lowest BCUT2D eigenvalue weighted by Gasteiger charge is -2.33. The van der Waals surface area contributed by atoms with Crippen LogP contribution in [-0.2, 0) is 0 Å². The van der Waals surface area contributed by atoms with Gasteiger partial charge in [-0.25, -0.2) is 13.6 Å². The minimum atomic E-state index is -2.85. The number of piperidine rings is 1. The van der Waals surface area contributed by atoms with E-state index < -0.39 is 23.2 Å². The number of H-pyrrole nitrogens is 1. The molecule has 0 radical (unpaired) electrons. The van der Waals surface area contributed by atoms with Crippen molar-refractivity contribution in [3.63, 3.8) is 0 Å². The molecule has 25 heavy (non-hydrogen) atoms. The molecule has 1 fully saturated rings. The highest BCUT2D eigenvalue weighted by Crippen LogP contribution is 2.37. The van der Waals surface area contributed by atoms with Gasteiger partial charge in [0.2, 0.25) is 0 Å². The molecule has 8 heteroatoms. The zero-order chi connectivity index (χ0) is 17.6. The molecule has 1 aliphatic heterocycles. The lowest BCUT2D eigenvalue weighted by Crippen LogP contribution is -2.46. The molecule has 0 saturated carbocycles. The van der Waals surface area contributed by atoms with Gasteiger partial charge in [0.1, 0.15) is 0 Å². The van der Waals surface area contributed by atoms with E-state index in [0.29, 0.717) is 29.6 Å². The smallest absolute Gasteiger partial charge is 0.332 e. The Balaban J connectivity index is 1.89. The molecule has 3 aromatic rings. The highest BCUT2D eigenvalue weighted by atomic mass is 19.3. The van der Waals surface area contributed by atoms with E-state index in [0.717, 1.165) is 0 Å². The molecule has 0 spiro atoms. The molecule has 6 nitrogen and oxygen atoms in total. The SMILES string of the molecule is O=c1ccn(-c2cccc3c2ccn3C2CCNCC2(F)F)c(=O)[nH]1. The van der Waals surface area contributed by atoms with E-state index in [9.17, 15) is 18.4 Å². The van der Waals surface area contributed by atoms with Gasteiger partial charge in [0.15, 0.2) is 0 Å². The second-order valence-electron chi connectivity index (χ2n) is 6.16.